The van der Waals surface area contributed by atoms with Gasteiger partial charge in [-0.3, -0.25) is 0 Å². The minimum atomic E-state index is 0.164. The van der Waals surface area contributed by atoms with Crippen molar-refractivity contribution in [2.75, 3.05) is 13.7 Å². The van der Waals surface area contributed by atoms with Crippen LogP contribution in [0.2, 0.25) is 0 Å². The molecule has 0 amide bonds. The lowest BCUT2D eigenvalue weighted by Crippen LogP contribution is -2.22. The standard InChI is InChI=1S/C17H29NO2/c1-5-8-13(3)12-20-17-14(11-15(18)6-2)9-7-10-16(17)19-4/h7,9-10,13,15H,5-6,8,11-12,18H2,1-4H3. The van der Waals surface area contributed by atoms with Crippen molar-refractivity contribution in [3.8, 4) is 11.5 Å². The predicted octanol–water partition coefficient (Wildman–Crippen LogP) is 3.79. The molecule has 1 rings (SSSR count). The van der Waals surface area contributed by atoms with Gasteiger partial charge in [-0.05, 0) is 36.8 Å². The Hall–Kier alpha value is -1.22. The summed E-state index contributed by atoms with van der Waals surface area (Å²) in [6.45, 7) is 7.25. The molecule has 0 spiro atoms. The lowest BCUT2D eigenvalue weighted by atomic mass is 10.0. The van der Waals surface area contributed by atoms with Crippen molar-refractivity contribution in [3.63, 3.8) is 0 Å². The molecule has 0 radical (unpaired) electrons. The maximum Gasteiger partial charge on any atom is 0.164 e. The molecule has 0 saturated carbocycles. The molecule has 0 aliphatic rings. The van der Waals surface area contributed by atoms with Crippen LogP contribution in [0.15, 0.2) is 18.2 Å². The summed E-state index contributed by atoms with van der Waals surface area (Å²) in [6, 6.07) is 6.19. The molecule has 0 bridgehead atoms. The van der Waals surface area contributed by atoms with Crippen LogP contribution in [-0.4, -0.2) is 19.8 Å². The molecule has 0 fully saturated rings. The number of methoxy groups -OCH3 is 1. The van der Waals surface area contributed by atoms with Crippen LogP contribution < -0.4 is 15.2 Å². The zero-order valence-electron chi connectivity index (χ0n) is 13.3. The molecular formula is C17H29NO2. The van der Waals surface area contributed by atoms with Gasteiger partial charge < -0.3 is 15.2 Å². The van der Waals surface area contributed by atoms with Crippen LogP contribution in [0.1, 0.15) is 45.6 Å². The summed E-state index contributed by atoms with van der Waals surface area (Å²) in [7, 11) is 1.68. The number of para-hydroxylation sites is 1. The maximum absolute atomic E-state index is 6.07. The second-order valence-electron chi connectivity index (χ2n) is 5.53. The number of rotatable bonds is 9. The molecule has 2 unspecified atom stereocenters. The fraction of sp³-hybridized carbons (Fsp3) is 0.647. The van der Waals surface area contributed by atoms with Gasteiger partial charge in [0.25, 0.3) is 0 Å². The summed E-state index contributed by atoms with van der Waals surface area (Å²) in [4.78, 5) is 0. The van der Waals surface area contributed by atoms with Gasteiger partial charge >= 0.3 is 0 Å². The Kier molecular flexibility index (Phi) is 7.45. The molecule has 0 aromatic heterocycles. The lowest BCUT2D eigenvalue weighted by molar-refractivity contribution is 0.237. The van der Waals surface area contributed by atoms with Crippen LogP contribution in [-0.2, 0) is 6.42 Å². The van der Waals surface area contributed by atoms with Crippen molar-refractivity contribution in [2.24, 2.45) is 11.7 Å². The number of hydrogen-bond acceptors (Lipinski definition) is 3. The Morgan fingerprint density at radius 3 is 2.60 bits per heavy atom. The summed E-state index contributed by atoms with van der Waals surface area (Å²) in [5.41, 5.74) is 7.21. The van der Waals surface area contributed by atoms with E-state index in [0.29, 0.717) is 5.92 Å². The zero-order valence-corrected chi connectivity index (χ0v) is 13.3. The molecule has 20 heavy (non-hydrogen) atoms. The third-order valence-electron chi connectivity index (χ3n) is 3.58. The maximum atomic E-state index is 6.07. The summed E-state index contributed by atoms with van der Waals surface area (Å²) in [6.07, 6.45) is 4.15. The van der Waals surface area contributed by atoms with E-state index in [0.717, 1.165) is 36.5 Å². The van der Waals surface area contributed by atoms with Gasteiger partial charge in [0.1, 0.15) is 0 Å². The molecule has 2 atom stereocenters. The predicted molar refractivity (Wildman–Crippen MR) is 84.5 cm³/mol. The van der Waals surface area contributed by atoms with E-state index in [-0.39, 0.29) is 6.04 Å². The van der Waals surface area contributed by atoms with E-state index in [4.69, 9.17) is 15.2 Å². The molecule has 1 aromatic carbocycles. The molecule has 3 nitrogen and oxygen atoms in total. The van der Waals surface area contributed by atoms with E-state index in [1.165, 1.54) is 12.8 Å². The van der Waals surface area contributed by atoms with Gasteiger partial charge in [0.2, 0.25) is 0 Å². The quantitative estimate of drug-likeness (QED) is 0.748. The van der Waals surface area contributed by atoms with Gasteiger partial charge in [0.15, 0.2) is 11.5 Å². The van der Waals surface area contributed by atoms with Gasteiger partial charge in [0, 0.05) is 6.04 Å². The SMILES string of the molecule is CCCC(C)COc1c(CC(N)CC)cccc1OC. The van der Waals surface area contributed by atoms with Gasteiger partial charge in [-0.1, -0.05) is 39.3 Å². The minimum absolute atomic E-state index is 0.164. The molecule has 3 heteroatoms. The number of nitrogens with two attached hydrogens (primary N) is 1. The summed E-state index contributed by atoms with van der Waals surface area (Å²) in [5.74, 6) is 2.22. The first-order valence-corrected chi connectivity index (χ1v) is 7.66. The Balaban J connectivity index is 2.83. The Bertz CT molecular complexity index is 393. The Morgan fingerprint density at radius 2 is 2.00 bits per heavy atom. The highest BCUT2D eigenvalue weighted by Gasteiger charge is 2.14. The van der Waals surface area contributed by atoms with Gasteiger partial charge in [-0.2, -0.15) is 0 Å². The third kappa shape index (κ3) is 5.04. The zero-order chi connectivity index (χ0) is 15.0. The number of ether oxygens (including phenoxy) is 2. The van der Waals surface area contributed by atoms with E-state index in [1.54, 1.807) is 7.11 Å². The molecule has 0 aliphatic heterocycles. The average Bonchev–Trinajstić information content (AvgIpc) is 2.45. The second-order valence-corrected chi connectivity index (χ2v) is 5.53. The summed E-state index contributed by atoms with van der Waals surface area (Å²) < 4.78 is 11.5. The molecule has 0 heterocycles. The van der Waals surface area contributed by atoms with E-state index in [2.05, 4.69) is 26.8 Å². The number of benzene rings is 1. The summed E-state index contributed by atoms with van der Waals surface area (Å²) >= 11 is 0. The first-order valence-electron chi connectivity index (χ1n) is 7.66. The highest BCUT2D eigenvalue weighted by molar-refractivity contribution is 5.47. The fourth-order valence-corrected chi connectivity index (χ4v) is 2.28. The second kappa shape index (κ2) is 8.85. The monoisotopic (exact) mass is 279 g/mol. The molecular weight excluding hydrogens is 250 g/mol. The van der Waals surface area contributed by atoms with Crippen LogP contribution in [0.25, 0.3) is 0 Å². The molecule has 1 aromatic rings. The van der Waals surface area contributed by atoms with Crippen LogP contribution in [0.5, 0.6) is 11.5 Å². The van der Waals surface area contributed by atoms with Crippen molar-refractivity contribution in [2.45, 2.75) is 52.5 Å². The largest absolute Gasteiger partial charge is 0.493 e. The summed E-state index contributed by atoms with van der Waals surface area (Å²) in [5, 5.41) is 0. The smallest absolute Gasteiger partial charge is 0.164 e. The van der Waals surface area contributed by atoms with Crippen LogP contribution in [0, 0.1) is 5.92 Å². The van der Waals surface area contributed by atoms with Crippen LogP contribution in [0.3, 0.4) is 0 Å². The van der Waals surface area contributed by atoms with Crippen molar-refractivity contribution in [1.82, 2.24) is 0 Å². The Morgan fingerprint density at radius 1 is 1.25 bits per heavy atom. The fourth-order valence-electron chi connectivity index (χ4n) is 2.28. The van der Waals surface area contributed by atoms with Crippen molar-refractivity contribution in [1.29, 1.82) is 0 Å². The third-order valence-corrected chi connectivity index (χ3v) is 3.58. The van der Waals surface area contributed by atoms with E-state index in [1.807, 2.05) is 12.1 Å². The lowest BCUT2D eigenvalue weighted by Gasteiger charge is -2.19. The minimum Gasteiger partial charge on any atom is -0.493 e. The first-order chi connectivity index (χ1) is 9.62. The van der Waals surface area contributed by atoms with E-state index in [9.17, 15) is 0 Å². The van der Waals surface area contributed by atoms with E-state index < -0.39 is 0 Å². The number of hydrogen-bond donors (Lipinski definition) is 1. The Labute approximate surface area is 123 Å². The molecule has 0 saturated heterocycles. The highest BCUT2D eigenvalue weighted by Crippen LogP contribution is 2.32. The average molecular weight is 279 g/mol. The van der Waals surface area contributed by atoms with Crippen molar-refractivity contribution in [3.05, 3.63) is 23.8 Å². The normalized spacial score (nSPS) is 13.8. The first kappa shape index (κ1) is 16.8. The van der Waals surface area contributed by atoms with Gasteiger partial charge in [0.05, 0.1) is 13.7 Å². The van der Waals surface area contributed by atoms with Crippen LogP contribution >= 0.6 is 0 Å². The molecule has 114 valence electrons. The highest BCUT2D eigenvalue weighted by atomic mass is 16.5. The van der Waals surface area contributed by atoms with Crippen molar-refractivity contribution >= 4 is 0 Å². The molecule has 2 N–H and O–H groups in total. The topological polar surface area (TPSA) is 44.5 Å². The van der Waals surface area contributed by atoms with E-state index >= 15 is 0 Å². The van der Waals surface area contributed by atoms with Gasteiger partial charge in [-0.25, -0.2) is 0 Å². The van der Waals surface area contributed by atoms with Gasteiger partial charge in [-0.15, -0.1) is 0 Å². The van der Waals surface area contributed by atoms with Crippen molar-refractivity contribution < 1.29 is 9.47 Å². The van der Waals surface area contributed by atoms with Crippen LogP contribution in [0.4, 0.5) is 0 Å². The molecule has 0 aliphatic carbocycles.